The smallest absolute Gasteiger partial charge is 0.356 e. The average Bonchev–Trinajstić information content (AvgIpc) is 3.16. The van der Waals surface area contributed by atoms with Crippen molar-refractivity contribution in [1.29, 1.82) is 0 Å². The summed E-state index contributed by atoms with van der Waals surface area (Å²) < 4.78 is 37.4. The zero-order valence-electron chi connectivity index (χ0n) is 12.9. The molecule has 134 valence electrons. The molecule has 0 aromatic carbocycles. The lowest BCUT2D eigenvalue weighted by Crippen LogP contribution is -2.39. The van der Waals surface area contributed by atoms with Crippen molar-refractivity contribution in [3.63, 3.8) is 0 Å². The van der Waals surface area contributed by atoms with E-state index in [4.69, 9.17) is 0 Å². The maximum atomic E-state index is 12.5. The number of hydrogen-bond acceptors (Lipinski definition) is 4. The normalized spacial score (nSPS) is 11.9. The van der Waals surface area contributed by atoms with Crippen LogP contribution in [0.25, 0.3) is 0 Å². The van der Waals surface area contributed by atoms with Gasteiger partial charge < -0.3 is 10.6 Å². The van der Waals surface area contributed by atoms with Gasteiger partial charge in [0.2, 0.25) is 0 Å². The Labute approximate surface area is 163 Å². The Morgan fingerprint density at radius 1 is 1.21 bits per heavy atom. The summed E-state index contributed by atoms with van der Waals surface area (Å²) in [5, 5.41) is 9.78. The fourth-order valence-electron chi connectivity index (χ4n) is 1.82. The average molecular weight is 490 g/mol. The summed E-state index contributed by atoms with van der Waals surface area (Å²) >= 11 is 2.72. The van der Waals surface area contributed by atoms with Crippen LogP contribution in [0.3, 0.4) is 0 Å². The molecule has 0 unspecified atom stereocenters. The van der Waals surface area contributed by atoms with E-state index in [2.05, 4.69) is 26.7 Å². The highest BCUT2D eigenvalue weighted by atomic mass is 127. The minimum Gasteiger partial charge on any atom is -0.356 e. The van der Waals surface area contributed by atoms with Gasteiger partial charge in [-0.05, 0) is 17.9 Å². The Morgan fingerprint density at radius 2 is 1.92 bits per heavy atom. The summed E-state index contributed by atoms with van der Waals surface area (Å²) in [6.07, 6.45) is -3.05. The van der Waals surface area contributed by atoms with Crippen LogP contribution in [0.1, 0.15) is 15.6 Å². The van der Waals surface area contributed by atoms with Gasteiger partial charge in [-0.3, -0.25) is 4.99 Å². The number of guanidine groups is 1. The second-order valence-electron chi connectivity index (χ2n) is 4.63. The van der Waals surface area contributed by atoms with Gasteiger partial charge in [-0.2, -0.15) is 13.2 Å². The fraction of sp³-hybridized carbons (Fsp3) is 0.429. The highest BCUT2D eigenvalue weighted by molar-refractivity contribution is 14.0. The Balaban J connectivity index is 0.00000288. The molecule has 0 radical (unpaired) electrons. The third kappa shape index (κ3) is 6.93. The summed E-state index contributed by atoms with van der Waals surface area (Å²) in [5.74, 6) is 0.633. The number of aromatic nitrogens is 1. The lowest BCUT2D eigenvalue weighted by molar-refractivity contribution is -0.140. The van der Waals surface area contributed by atoms with Gasteiger partial charge in [0.25, 0.3) is 0 Å². The molecule has 2 rings (SSSR count). The summed E-state index contributed by atoms with van der Waals surface area (Å²) in [6.45, 7) is 1.22. The van der Waals surface area contributed by atoms with Crippen molar-refractivity contribution >= 4 is 52.6 Å². The van der Waals surface area contributed by atoms with Gasteiger partial charge >= 0.3 is 6.18 Å². The lowest BCUT2D eigenvalue weighted by Gasteiger charge is -2.10. The van der Waals surface area contributed by atoms with Crippen molar-refractivity contribution in [2.75, 3.05) is 20.1 Å². The molecule has 0 amide bonds. The van der Waals surface area contributed by atoms with E-state index < -0.39 is 11.9 Å². The van der Waals surface area contributed by atoms with E-state index in [9.17, 15) is 13.2 Å². The van der Waals surface area contributed by atoms with Crippen molar-refractivity contribution in [1.82, 2.24) is 15.6 Å². The minimum atomic E-state index is -4.37. The lowest BCUT2D eigenvalue weighted by atomic mass is 10.3. The predicted octanol–water partition coefficient (Wildman–Crippen LogP) is 3.79. The molecule has 24 heavy (non-hydrogen) atoms. The van der Waals surface area contributed by atoms with Crippen LogP contribution in [-0.4, -0.2) is 31.1 Å². The topological polar surface area (TPSA) is 49.3 Å². The first kappa shape index (κ1) is 21.2. The van der Waals surface area contributed by atoms with E-state index >= 15 is 0 Å². The van der Waals surface area contributed by atoms with Crippen molar-refractivity contribution in [3.8, 4) is 0 Å². The first-order chi connectivity index (χ1) is 11.0. The summed E-state index contributed by atoms with van der Waals surface area (Å²) in [4.78, 5) is 8.97. The van der Waals surface area contributed by atoms with E-state index in [1.807, 2.05) is 11.4 Å². The molecule has 2 N–H and O–H groups in total. The van der Waals surface area contributed by atoms with Crippen LogP contribution in [0.5, 0.6) is 0 Å². The molecule has 0 bridgehead atoms. The zero-order chi connectivity index (χ0) is 16.7. The molecular formula is C14H18F3IN4S2. The SMILES string of the molecule is CN=C(NCCc1cccs1)NCCc1nc(C(F)(F)F)cs1.I. The maximum Gasteiger partial charge on any atom is 0.434 e. The molecule has 0 aliphatic carbocycles. The van der Waals surface area contributed by atoms with Gasteiger partial charge in [-0.25, -0.2) is 4.98 Å². The Morgan fingerprint density at radius 3 is 2.46 bits per heavy atom. The molecule has 2 aromatic heterocycles. The number of halogens is 4. The van der Waals surface area contributed by atoms with Crippen LogP contribution in [0.15, 0.2) is 27.9 Å². The first-order valence-electron chi connectivity index (χ1n) is 6.97. The van der Waals surface area contributed by atoms with Crippen LogP contribution in [0.4, 0.5) is 13.2 Å². The number of rotatable bonds is 6. The number of nitrogens with zero attached hydrogens (tertiary/aromatic N) is 2. The Kier molecular flexibility index (Phi) is 8.98. The predicted molar refractivity (Wildman–Crippen MR) is 104 cm³/mol. The summed E-state index contributed by atoms with van der Waals surface area (Å²) in [7, 11) is 1.66. The fourth-order valence-corrected chi connectivity index (χ4v) is 3.34. The van der Waals surface area contributed by atoms with Crippen molar-refractivity contribution in [2.45, 2.75) is 19.0 Å². The Bertz CT molecular complexity index is 626. The molecule has 4 nitrogen and oxygen atoms in total. The van der Waals surface area contributed by atoms with E-state index in [1.54, 1.807) is 18.4 Å². The summed E-state index contributed by atoms with van der Waals surface area (Å²) in [6, 6.07) is 4.08. The monoisotopic (exact) mass is 490 g/mol. The highest BCUT2D eigenvalue weighted by Crippen LogP contribution is 2.29. The van der Waals surface area contributed by atoms with Gasteiger partial charge in [0.1, 0.15) is 0 Å². The molecule has 0 fully saturated rings. The van der Waals surface area contributed by atoms with Gasteiger partial charge in [-0.1, -0.05) is 6.07 Å². The molecule has 10 heteroatoms. The quantitative estimate of drug-likeness (QED) is 0.368. The van der Waals surface area contributed by atoms with Crippen LogP contribution in [-0.2, 0) is 19.0 Å². The van der Waals surface area contributed by atoms with E-state index in [0.717, 1.165) is 29.7 Å². The molecular weight excluding hydrogens is 472 g/mol. The van der Waals surface area contributed by atoms with Gasteiger partial charge in [0, 0.05) is 36.8 Å². The number of aliphatic imine (C=N–C) groups is 1. The van der Waals surface area contributed by atoms with E-state index in [-0.39, 0.29) is 24.0 Å². The molecule has 0 saturated carbocycles. The van der Waals surface area contributed by atoms with Gasteiger partial charge in [-0.15, -0.1) is 46.7 Å². The number of hydrogen-bond donors (Lipinski definition) is 2. The molecule has 0 aliphatic heterocycles. The Hall–Kier alpha value is -0.880. The number of thiophene rings is 1. The number of nitrogens with one attached hydrogen (secondary N) is 2. The summed E-state index contributed by atoms with van der Waals surface area (Å²) in [5.41, 5.74) is -0.823. The molecule has 2 heterocycles. The highest BCUT2D eigenvalue weighted by Gasteiger charge is 2.33. The second kappa shape index (κ2) is 10.2. The third-order valence-corrected chi connectivity index (χ3v) is 4.79. The second-order valence-corrected chi connectivity index (χ2v) is 6.60. The largest absolute Gasteiger partial charge is 0.434 e. The maximum absolute atomic E-state index is 12.5. The van der Waals surface area contributed by atoms with Crippen LogP contribution in [0.2, 0.25) is 0 Å². The van der Waals surface area contributed by atoms with E-state index in [0.29, 0.717) is 23.9 Å². The van der Waals surface area contributed by atoms with Gasteiger partial charge in [0.05, 0.1) is 5.01 Å². The molecule has 2 aromatic rings. The van der Waals surface area contributed by atoms with Crippen molar-refractivity contribution in [2.24, 2.45) is 4.99 Å². The van der Waals surface area contributed by atoms with Crippen LogP contribution < -0.4 is 10.6 Å². The van der Waals surface area contributed by atoms with Crippen molar-refractivity contribution < 1.29 is 13.2 Å². The van der Waals surface area contributed by atoms with Gasteiger partial charge in [0.15, 0.2) is 11.7 Å². The zero-order valence-corrected chi connectivity index (χ0v) is 16.9. The number of thiazole rings is 1. The van der Waals surface area contributed by atoms with Crippen LogP contribution in [0, 0.1) is 0 Å². The standard InChI is InChI=1S/C14H17F3N4S2.HI/c1-18-13(19-6-4-10-3-2-8-22-10)20-7-5-12-21-11(9-23-12)14(15,16)17;/h2-3,8-9H,4-7H2,1H3,(H2,18,19,20);1H. The third-order valence-electron chi connectivity index (χ3n) is 2.94. The molecule has 0 aliphatic rings. The molecule has 0 atom stereocenters. The molecule has 0 saturated heterocycles. The minimum absolute atomic E-state index is 0. The van der Waals surface area contributed by atoms with Crippen LogP contribution >= 0.6 is 46.7 Å². The van der Waals surface area contributed by atoms with E-state index in [1.165, 1.54) is 4.88 Å². The molecule has 0 spiro atoms. The first-order valence-corrected chi connectivity index (χ1v) is 8.73. The van der Waals surface area contributed by atoms with Crippen molar-refractivity contribution in [3.05, 3.63) is 38.5 Å². The number of alkyl halides is 3.